The number of aromatic amines is 1. The number of fused-ring (bicyclic) bond motifs is 1. The van der Waals surface area contributed by atoms with Crippen LogP contribution in [0.15, 0.2) is 71.9 Å². The third-order valence-electron chi connectivity index (χ3n) is 5.93. The molecule has 4 aromatic rings. The predicted octanol–water partition coefficient (Wildman–Crippen LogP) is 2.24. The minimum atomic E-state index is -0.120. The second kappa shape index (κ2) is 8.76. The molecule has 5 rings (SSSR count). The summed E-state index contributed by atoms with van der Waals surface area (Å²) in [5.74, 6) is 0.0594. The van der Waals surface area contributed by atoms with Crippen LogP contribution in [0.4, 0.5) is 0 Å². The molecule has 1 aliphatic rings. The average molecular weight is 428 g/mol. The smallest absolute Gasteiger partial charge is 0.266 e. The van der Waals surface area contributed by atoms with Crippen molar-refractivity contribution in [3.05, 3.63) is 83.0 Å². The van der Waals surface area contributed by atoms with E-state index in [1.165, 1.54) is 4.68 Å². The molecule has 1 amide bonds. The Kier molecular flexibility index (Phi) is 5.51. The van der Waals surface area contributed by atoms with Crippen molar-refractivity contribution < 1.29 is 4.79 Å². The van der Waals surface area contributed by atoms with Crippen LogP contribution in [0.2, 0.25) is 0 Å². The fourth-order valence-electron chi connectivity index (χ4n) is 4.11. The Labute approximate surface area is 185 Å². The van der Waals surface area contributed by atoms with Crippen LogP contribution in [0.25, 0.3) is 22.2 Å². The third-order valence-corrected chi connectivity index (χ3v) is 5.93. The molecule has 1 saturated heterocycles. The zero-order valence-corrected chi connectivity index (χ0v) is 17.6. The Hall–Kier alpha value is -3.78. The number of carbonyl (C=O) groups excluding carboxylic acids is 1. The molecule has 0 spiro atoms. The fourth-order valence-corrected chi connectivity index (χ4v) is 4.11. The molecule has 1 aromatic carbocycles. The summed E-state index contributed by atoms with van der Waals surface area (Å²) < 4.78 is 1.51. The number of carbonyl (C=O) groups is 1. The van der Waals surface area contributed by atoms with Gasteiger partial charge in [-0.3, -0.25) is 19.5 Å². The molecule has 8 nitrogen and oxygen atoms in total. The topological polar surface area (TPSA) is 87.1 Å². The van der Waals surface area contributed by atoms with Gasteiger partial charge in [0.1, 0.15) is 0 Å². The lowest BCUT2D eigenvalue weighted by molar-refractivity contribution is 0.0633. The van der Waals surface area contributed by atoms with E-state index in [9.17, 15) is 9.59 Å². The largest absolute Gasteiger partial charge is 0.360 e. The van der Waals surface area contributed by atoms with Gasteiger partial charge >= 0.3 is 0 Å². The molecule has 0 saturated carbocycles. The number of pyridine rings is 1. The Morgan fingerprint density at radius 3 is 2.62 bits per heavy atom. The van der Waals surface area contributed by atoms with E-state index in [-0.39, 0.29) is 11.5 Å². The number of hydrogen-bond acceptors (Lipinski definition) is 5. The van der Waals surface area contributed by atoms with Crippen molar-refractivity contribution in [2.24, 2.45) is 0 Å². The first-order chi connectivity index (χ1) is 15.7. The number of piperazine rings is 1. The average Bonchev–Trinajstić information content (AvgIpc) is 3.28. The van der Waals surface area contributed by atoms with Crippen molar-refractivity contribution in [1.82, 2.24) is 29.5 Å². The maximum absolute atomic E-state index is 13.0. The van der Waals surface area contributed by atoms with Gasteiger partial charge in [0, 0.05) is 73.8 Å². The zero-order valence-electron chi connectivity index (χ0n) is 17.6. The molecule has 0 atom stereocenters. The van der Waals surface area contributed by atoms with Crippen LogP contribution in [0, 0.1) is 0 Å². The summed E-state index contributed by atoms with van der Waals surface area (Å²) in [4.78, 5) is 36.7. The van der Waals surface area contributed by atoms with E-state index in [4.69, 9.17) is 0 Å². The summed E-state index contributed by atoms with van der Waals surface area (Å²) >= 11 is 0. The Bertz CT molecular complexity index is 1290. The highest BCUT2D eigenvalue weighted by Gasteiger charge is 2.24. The van der Waals surface area contributed by atoms with Crippen molar-refractivity contribution >= 4 is 16.8 Å². The summed E-state index contributed by atoms with van der Waals surface area (Å²) in [5, 5.41) is 5.46. The second-order valence-electron chi connectivity index (χ2n) is 7.90. The predicted molar refractivity (Wildman–Crippen MR) is 122 cm³/mol. The normalized spacial score (nSPS) is 14.7. The van der Waals surface area contributed by atoms with E-state index in [0.717, 1.165) is 40.8 Å². The molecule has 3 aromatic heterocycles. The van der Waals surface area contributed by atoms with Crippen LogP contribution in [-0.2, 0) is 6.54 Å². The molecule has 0 aliphatic carbocycles. The molecule has 32 heavy (non-hydrogen) atoms. The second-order valence-corrected chi connectivity index (χ2v) is 7.90. The first-order valence-electron chi connectivity index (χ1n) is 10.8. The summed E-state index contributed by atoms with van der Waals surface area (Å²) in [6.45, 7) is 4.07. The molecule has 4 heterocycles. The molecule has 1 aliphatic heterocycles. The van der Waals surface area contributed by atoms with Crippen LogP contribution >= 0.6 is 0 Å². The van der Waals surface area contributed by atoms with Gasteiger partial charge in [-0.05, 0) is 24.3 Å². The van der Waals surface area contributed by atoms with E-state index >= 15 is 0 Å². The monoisotopic (exact) mass is 428 g/mol. The molecule has 0 unspecified atom stereocenters. The Balaban J connectivity index is 1.20. The van der Waals surface area contributed by atoms with Crippen molar-refractivity contribution in [1.29, 1.82) is 0 Å². The molecule has 8 heteroatoms. The lowest BCUT2D eigenvalue weighted by Crippen LogP contribution is -2.49. The van der Waals surface area contributed by atoms with Crippen molar-refractivity contribution in [3.8, 4) is 11.3 Å². The van der Waals surface area contributed by atoms with Crippen LogP contribution in [-0.4, -0.2) is 68.2 Å². The van der Waals surface area contributed by atoms with Gasteiger partial charge in [-0.15, -0.1) is 0 Å². The van der Waals surface area contributed by atoms with Gasteiger partial charge in [0.25, 0.3) is 11.5 Å². The lowest BCUT2D eigenvalue weighted by Gasteiger charge is -2.34. The quantitative estimate of drug-likeness (QED) is 0.527. The van der Waals surface area contributed by atoms with Crippen molar-refractivity contribution in [3.63, 3.8) is 0 Å². The highest BCUT2D eigenvalue weighted by atomic mass is 16.2. The lowest BCUT2D eigenvalue weighted by atomic mass is 10.1. The highest BCUT2D eigenvalue weighted by molar-refractivity contribution is 6.06. The highest BCUT2D eigenvalue weighted by Crippen LogP contribution is 2.20. The molecule has 162 valence electrons. The van der Waals surface area contributed by atoms with Crippen LogP contribution < -0.4 is 5.56 Å². The number of amides is 1. The summed E-state index contributed by atoms with van der Waals surface area (Å²) in [7, 11) is 0. The Morgan fingerprint density at radius 2 is 1.81 bits per heavy atom. The number of nitrogens with one attached hydrogen (secondary N) is 1. The maximum Gasteiger partial charge on any atom is 0.266 e. The molecular formula is C24H24N6O2. The number of para-hydroxylation sites is 1. The van der Waals surface area contributed by atoms with Gasteiger partial charge in [-0.1, -0.05) is 18.2 Å². The number of nitrogens with zero attached hydrogens (tertiary/aromatic N) is 5. The minimum absolute atomic E-state index is 0.0594. The van der Waals surface area contributed by atoms with Crippen LogP contribution in [0.5, 0.6) is 0 Å². The van der Waals surface area contributed by atoms with E-state index < -0.39 is 0 Å². The Morgan fingerprint density at radius 1 is 0.969 bits per heavy atom. The fraction of sp³-hybridized carbons (Fsp3) is 0.250. The van der Waals surface area contributed by atoms with Gasteiger partial charge in [0.2, 0.25) is 0 Å². The van der Waals surface area contributed by atoms with Crippen LogP contribution in [0.3, 0.4) is 0 Å². The van der Waals surface area contributed by atoms with Gasteiger partial charge in [0.05, 0.1) is 17.8 Å². The SMILES string of the molecule is O=C(c1c[nH]c2ccccc12)N1CCN(CCn2nc(-c3cccnc3)ccc2=O)CC1. The van der Waals surface area contributed by atoms with Crippen molar-refractivity contribution in [2.75, 3.05) is 32.7 Å². The van der Waals surface area contributed by atoms with Gasteiger partial charge in [0.15, 0.2) is 0 Å². The van der Waals surface area contributed by atoms with Crippen LogP contribution in [0.1, 0.15) is 10.4 Å². The minimum Gasteiger partial charge on any atom is -0.360 e. The van der Waals surface area contributed by atoms with Crippen molar-refractivity contribution in [2.45, 2.75) is 6.54 Å². The third kappa shape index (κ3) is 4.04. The maximum atomic E-state index is 13.0. The summed E-state index contributed by atoms with van der Waals surface area (Å²) in [5.41, 5.74) is 3.18. The number of rotatable bonds is 5. The molecule has 1 N–H and O–H groups in total. The van der Waals surface area contributed by atoms with E-state index in [1.807, 2.05) is 41.3 Å². The molecule has 1 fully saturated rings. The molecular weight excluding hydrogens is 404 g/mol. The van der Waals surface area contributed by atoms with Gasteiger partial charge in [-0.2, -0.15) is 5.10 Å². The zero-order chi connectivity index (χ0) is 21.9. The standard InChI is InChI=1S/C24H24N6O2/c31-23-8-7-21(18-4-3-9-25-16-18)27-30(23)15-12-28-10-13-29(14-11-28)24(32)20-17-26-22-6-2-1-5-19(20)22/h1-9,16-17,26H,10-15H2. The number of hydrogen-bond donors (Lipinski definition) is 1. The number of H-pyrrole nitrogens is 1. The number of benzene rings is 1. The molecule has 0 radical (unpaired) electrons. The van der Waals surface area contributed by atoms with E-state index in [2.05, 4.69) is 20.0 Å². The van der Waals surface area contributed by atoms with E-state index in [1.54, 1.807) is 30.7 Å². The summed E-state index contributed by atoms with van der Waals surface area (Å²) in [6.07, 6.45) is 5.25. The van der Waals surface area contributed by atoms with Gasteiger partial charge in [-0.25, -0.2) is 4.68 Å². The first-order valence-corrected chi connectivity index (χ1v) is 10.8. The summed E-state index contributed by atoms with van der Waals surface area (Å²) in [6, 6.07) is 14.9. The number of aromatic nitrogens is 4. The molecule has 0 bridgehead atoms. The van der Waals surface area contributed by atoms with Gasteiger partial charge < -0.3 is 9.88 Å². The van der Waals surface area contributed by atoms with E-state index in [0.29, 0.717) is 26.2 Å². The first kappa shape index (κ1) is 20.1.